The molecule has 3 aromatic rings. The van der Waals surface area contributed by atoms with Crippen molar-refractivity contribution in [3.63, 3.8) is 0 Å². The van der Waals surface area contributed by atoms with E-state index in [1.165, 1.54) is 5.56 Å². The van der Waals surface area contributed by atoms with Crippen molar-refractivity contribution in [2.75, 3.05) is 31.6 Å². The third-order valence-electron chi connectivity index (χ3n) is 7.30. The lowest BCUT2D eigenvalue weighted by Gasteiger charge is -2.57. The number of nitriles is 1. The van der Waals surface area contributed by atoms with Crippen LogP contribution < -0.4 is 5.32 Å². The standard InChI is InChI=1S/C29H30N4O2/c30-18-21-7-6-8-24(17-21)22-11-13-23(14-12-22)28-26-19-32(15-4-5-16-33(26)27(28)20-34)29(35)31-25-9-2-1-3-10-25/h1-3,6-14,17,26-28,34H,4-5,15-16,19-20H2,(H,31,35)/t26-,27-,28+/m0/s1. The van der Waals surface area contributed by atoms with Gasteiger partial charge >= 0.3 is 6.03 Å². The summed E-state index contributed by atoms with van der Waals surface area (Å²) in [4.78, 5) is 17.4. The summed E-state index contributed by atoms with van der Waals surface area (Å²) in [7, 11) is 0. The zero-order valence-electron chi connectivity index (χ0n) is 19.7. The van der Waals surface area contributed by atoms with Crippen molar-refractivity contribution in [2.45, 2.75) is 30.8 Å². The van der Waals surface area contributed by atoms with Crippen LogP contribution in [0.4, 0.5) is 10.5 Å². The number of fused-ring (bicyclic) bond motifs is 1. The van der Waals surface area contributed by atoms with Gasteiger partial charge in [-0.3, -0.25) is 4.90 Å². The number of aliphatic hydroxyl groups excluding tert-OH is 1. The summed E-state index contributed by atoms with van der Waals surface area (Å²) in [6.07, 6.45) is 1.95. The summed E-state index contributed by atoms with van der Waals surface area (Å²) in [5.74, 6) is 0.157. The van der Waals surface area contributed by atoms with Crippen LogP contribution in [0, 0.1) is 11.3 Å². The maximum Gasteiger partial charge on any atom is 0.321 e. The van der Waals surface area contributed by atoms with Crippen LogP contribution in [-0.4, -0.2) is 59.3 Å². The van der Waals surface area contributed by atoms with Crippen LogP contribution in [0.1, 0.15) is 29.9 Å². The number of nitrogens with zero attached hydrogens (tertiary/aromatic N) is 3. The largest absolute Gasteiger partial charge is 0.395 e. The lowest BCUT2D eigenvalue weighted by molar-refractivity contribution is -0.0585. The molecule has 3 atom stereocenters. The molecule has 0 saturated carbocycles. The number of urea groups is 1. The maximum atomic E-state index is 13.1. The Bertz CT molecular complexity index is 1210. The van der Waals surface area contributed by atoms with Gasteiger partial charge in [0.2, 0.25) is 0 Å². The maximum absolute atomic E-state index is 13.1. The Kier molecular flexibility index (Phi) is 6.80. The van der Waals surface area contributed by atoms with E-state index in [1.807, 2.05) is 53.4 Å². The van der Waals surface area contributed by atoms with E-state index in [9.17, 15) is 15.2 Å². The van der Waals surface area contributed by atoms with Crippen molar-refractivity contribution in [1.29, 1.82) is 5.26 Å². The fourth-order valence-electron chi connectivity index (χ4n) is 5.51. The fourth-order valence-corrected chi connectivity index (χ4v) is 5.51. The Morgan fingerprint density at radius 2 is 1.74 bits per heavy atom. The molecule has 0 unspecified atom stereocenters. The van der Waals surface area contributed by atoms with Crippen LogP contribution in [0.25, 0.3) is 11.1 Å². The van der Waals surface area contributed by atoms with E-state index >= 15 is 0 Å². The third-order valence-corrected chi connectivity index (χ3v) is 7.30. The van der Waals surface area contributed by atoms with E-state index in [0.29, 0.717) is 12.1 Å². The van der Waals surface area contributed by atoms with Crippen LogP contribution in [0.15, 0.2) is 78.9 Å². The smallest absolute Gasteiger partial charge is 0.321 e. The first-order chi connectivity index (χ1) is 17.2. The zero-order chi connectivity index (χ0) is 24.2. The molecule has 2 fully saturated rings. The molecule has 6 heteroatoms. The molecule has 5 rings (SSSR count). The van der Waals surface area contributed by atoms with E-state index in [4.69, 9.17) is 0 Å². The van der Waals surface area contributed by atoms with Crippen molar-refractivity contribution in [1.82, 2.24) is 9.80 Å². The predicted molar refractivity (Wildman–Crippen MR) is 137 cm³/mol. The average Bonchev–Trinajstić information content (AvgIpc) is 2.88. The van der Waals surface area contributed by atoms with Gasteiger partial charge in [0.25, 0.3) is 0 Å². The van der Waals surface area contributed by atoms with Crippen molar-refractivity contribution >= 4 is 11.7 Å². The average molecular weight is 467 g/mol. The monoisotopic (exact) mass is 466 g/mol. The Morgan fingerprint density at radius 3 is 2.49 bits per heavy atom. The topological polar surface area (TPSA) is 79.6 Å². The first-order valence-corrected chi connectivity index (χ1v) is 12.3. The highest BCUT2D eigenvalue weighted by molar-refractivity contribution is 5.89. The highest BCUT2D eigenvalue weighted by Crippen LogP contribution is 2.42. The molecule has 2 aliphatic heterocycles. The molecule has 178 valence electrons. The second kappa shape index (κ2) is 10.3. The highest BCUT2D eigenvalue weighted by atomic mass is 16.3. The summed E-state index contributed by atoms with van der Waals surface area (Å²) in [6, 6.07) is 28.0. The van der Waals surface area contributed by atoms with E-state index in [1.54, 1.807) is 6.07 Å². The minimum absolute atomic E-state index is 0.0601. The Morgan fingerprint density at radius 1 is 0.971 bits per heavy atom. The number of amides is 2. The van der Waals surface area contributed by atoms with Crippen LogP contribution >= 0.6 is 0 Å². The first kappa shape index (κ1) is 23.1. The van der Waals surface area contributed by atoms with Crippen LogP contribution in [0.5, 0.6) is 0 Å². The molecule has 0 bridgehead atoms. The summed E-state index contributed by atoms with van der Waals surface area (Å²) in [5.41, 5.74) is 4.69. The van der Waals surface area contributed by atoms with Gasteiger partial charge in [-0.25, -0.2) is 4.79 Å². The molecule has 35 heavy (non-hydrogen) atoms. The van der Waals surface area contributed by atoms with Gasteiger partial charge in [-0.05, 0) is 60.3 Å². The minimum atomic E-state index is -0.0722. The SMILES string of the molecule is N#Cc1cccc(-c2ccc([C@H]3[C@H](CO)N4CCCCN(C(=O)Nc5ccccc5)C[C@@H]34)cc2)c1. The fraction of sp³-hybridized carbons (Fsp3) is 0.310. The first-order valence-electron chi connectivity index (χ1n) is 12.3. The number of rotatable bonds is 4. The summed E-state index contributed by atoms with van der Waals surface area (Å²) in [6.45, 7) is 2.41. The minimum Gasteiger partial charge on any atom is -0.395 e. The second-order valence-corrected chi connectivity index (χ2v) is 9.34. The van der Waals surface area contributed by atoms with Gasteiger partial charge in [0, 0.05) is 36.8 Å². The molecule has 2 saturated heterocycles. The molecule has 0 aromatic heterocycles. The zero-order valence-corrected chi connectivity index (χ0v) is 19.7. The molecule has 6 nitrogen and oxygen atoms in total. The summed E-state index contributed by atoms with van der Waals surface area (Å²) < 4.78 is 0. The Hall–Kier alpha value is -3.66. The lowest BCUT2D eigenvalue weighted by Crippen LogP contribution is -2.68. The Labute approximate surface area is 206 Å². The molecule has 2 aliphatic rings. The summed E-state index contributed by atoms with van der Waals surface area (Å²) in [5, 5.41) is 22.5. The van der Waals surface area contributed by atoms with Gasteiger partial charge in [-0.2, -0.15) is 5.26 Å². The second-order valence-electron chi connectivity index (χ2n) is 9.34. The van der Waals surface area contributed by atoms with Gasteiger partial charge in [-0.15, -0.1) is 0 Å². The molecular weight excluding hydrogens is 436 g/mol. The quantitative estimate of drug-likeness (QED) is 0.585. The number of para-hydroxylation sites is 1. The normalized spacial score (nSPS) is 22.2. The molecule has 2 N–H and O–H groups in total. The van der Waals surface area contributed by atoms with Crippen molar-refractivity contribution in [2.24, 2.45) is 0 Å². The number of aliphatic hydroxyl groups is 1. The number of carbonyl (C=O) groups excluding carboxylic acids is 1. The molecule has 2 heterocycles. The van der Waals surface area contributed by atoms with Crippen molar-refractivity contribution in [3.05, 3.63) is 90.0 Å². The van der Waals surface area contributed by atoms with Gasteiger partial charge in [0.05, 0.1) is 18.2 Å². The summed E-state index contributed by atoms with van der Waals surface area (Å²) >= 11 is 0. The molecule has 0 aliphatic carbocycles. The van der Waals surface area contributed by atoms with Crippen molar-refractivity contribution < 1.29 is 9.90 Å². The van der Waals surface area contributed by atoms with Crippen LogP contribution in [-0.2, 0) is 0 Å². The number of anilines is 1. The van der Waals surface area contributed by atoms with E-state index in [-0.39, 0.29) is 30.6 Å². The highest BCUT2D eigenvalue weighted by Gasteiger charge is 2.49. The number of benzene rings is 3. The van der Waals surface area contributed by atoms with Crippen LogP contribution in [0.3, 0.4) is 0 Å². The molecular formula is C29H30N4O2. The molecule has 0 spiro atoms. The number of carbonyl (C=O) groups is 1. The predicted octanol–water partition coefficient (Wildman–Crippen LogP) is 4.68. The van der Waals surface area contributed by atoms with Crippen LogP contribution in [0.2, 0.25) is 0 Å². The molecule has 3 aromatic carbocycles. The van der Waals surface area contributed by atoms with E-state index < -0.39 is 0 Å². The van der Waals surface area contributed by atoms with Gasteiger partial charge in [0.15, 0.2) is 0 Å². The third kappa shape index (κ3) is 4.79. The number of nitrogens with one attached hydrogen (secondary N) is 1. The van der Waals surface area contributed by atoms with Gasteiger partial charge < -0.3 is 15.3 Å². The van der Waals surface area contributed by atoms with Gasteiger partial charge in [-0.1, -0.05) is 54.6 Å². The number of hydrogen-bond acceptors (Lipinski definition) is 4. The van der Waals surface area contributed by atoms with E-state index in [0.717, 1.165) is 42.7 Å². The van der Waals surface area contributed by atoms with Crippen molar-refractivity contribution in [3.8, 4) is 17.2 Å². The van der Waals surface area contributed by atoms with E-state index in [2.05, 4.69) is 40.6 Å². The van der Waals surface area contributed by atoms with Gasteiger partial charge in [0.1, 0.15) is 0 Å². The Balaban J connectivity index is 1.35. The lowest BCUT2D eigenvalue weighted by atomic mass is 9.74. The molecule has 0 radical (unpaired) electrons. The number of hydrogen-bond donors (Lipinski definition) is 2. The molecule has 2 amide bonds.